The topological polar surface area (TPSA) is 46.5 Å². The second kappa shape index (κ2) is 4.08. The molecule has 0 bridgehead atoms. The maximum atomic E-state index is 12.6. The van der Waals surface area contributed by atoms with Gasteiger partial charge in [0.2, 0.25) is 7.37 Å². The Morgan fingerprint density at radius 1 is 1.39 bits per heavy atom. The van der Waals surface area contributed by atoms with Crippen LogP contribution in [0.15, 0.2) is 30.3 Å². The van der Waals surface area contributed by atoms with Crippen molar-refractivity contribution in [2.75, 3.05) is 6.66 Å². The zero-order valence-electron chi connectivity index (χ0n) is 9.52. The lowest BCUT2D eigenvalue weighted by molar-refractivity contribution is -0.193. The normalized spacial score (nSPS) is 36.8. The van der Waals surface area contributed by atoms with Crippen molar-refractivity contribution in [1.82, 2.24) is 0 Å². The van der Waals surface area contributed by atoms with Crippen LogP contribution in [-0.4, -0.2) is 24.1 Å². The van der Waals surface area contributed by atoms with Gasteiger partial charge < -0.3 is 9.63 Å². The van der Waals surface area contributed by atoms with Crippen LogP contribution in [0.3, 0.4) is 0 Å². The lowest BCUT2D eigenvalue weighted by Crippen LogP contribution is -2.30. The third kappa shape index (κ3) is 2.09. The van der Waals surface area contributed by atoms with Crippen molar-refractivity contribution in [1.29, 1.82) is 0 Å². The summed E-state index contributed by atoms with van der Waals surface area (Å²) in [6.07, 6.45) is -7.57. The van der Waals surface area contributed by atoms with Gasteiger partial charge in [0.1, 0.15) is 0 Å². The van der Waals surface area contributed by atoms with E-state index in [1.807, 2.05) is 0 Å². The zero-order chi connectivity index (χ0) is 13.6. The van der Waals surface area contributed by atoms with Crippen molar-refractivity contribution < 1.29 is 27.4 Å². The van der Waals surface area contributed by atoms with Crippen molar-refractivity contribution in [3.63, 3.8) is 0 Å². The molecule has 0 radical (unpaired) electrons. The molecule has 0 aromatic heterocycles. The first-order chi connectivity index (χ1) is 8.17. The number of hydrogen-bond donors (Lipinski definition) is 1. The highest BCUT2D eigenvalue weighted by atomic mass is 31.2. The van der Waals surface area contributed by atoms with Crippen molar-refractivity contribution in [2.24, 2.45) is 0 Å². The van der Waals surface area contributed by atoms with Crippen LogP contribution < -0.4 is 0 Å². The molecule has 3 unspecified atom stereocenters. The van der Waals surface area contributed by atoms with E-state index in [4.69, 9.17) is 0 Å². The molecule has 3 atom stereocenters. The fourth-order valence-electron chi connectivity index (χ4n) is 2.02. The molecule has 0 aliphatic carbocycles. The molecule has 3 nitrogen and oxygen atoms in total. The highest BCUT2D eigenvalue weighted by Gasteiger charge is 2.61. The SMILES string of the molecule is CP1(=O)OC(C(F)(F)F)CC1(O)c1ccccc1. The van der Waals surface area contributed by atoms with Gasteiger partial charge in [0.25, 0.3) is 0 Å². The molecule has 100 valence electrons. The molecule has 0 spiro atoms. The van der Waals surface area contributed by atoms with Gasteiger partial charge in [-0.25, -0.2) is 0 Å². The first-order valence-corrected chi connectivity index (χ1v) is 7.35. The summed E-state index contributed by atoms with van der Waals surface area (Å²) >= 11 is 0. The van der Waals surface area contributed by atoms with Crippen LogP contribution >= 0.6 is 7.37 Å². The summed E-state index contributed by atoms with van der Waals surface area (Å²) in [6.45, 7) is 1.03. The quantitative estimate of drug-likeness (QED) is 0.804. The summed E-state index contributed by atoms with van der Waals surface area (Å²) in [4.78, 5) is 0. The lowest BCUT2D eigenvalue weighted by Gasteiger charge is -2.25. The number of hydrogen-bond acceptors (Lipinski definition) is 3. The van der Waals surface area contributed by atoms with Crippen molar-refractivity contribution in [2.45, 2.75) is 24.0 Å². The lowest BCUT2D eigenvalue weighted by atomic mass is 10.0. The van der Waals surface area contributed by atoms with Gasteiger partial charge in [-0.05, 0) is 5.56 Å². The van der Waals surface area contributed by atoms with Crippen LogP contribution in [0, 0.1) is 0 Å². The van der Waals surface area contributed by atoms with Crippen LogP contribution in [0.1, 0.15) is 12.0 Å². The average molecular weight is 280 g/mol. The van der Waals surface area contributed by atoms with Gasteiger partial charge in [-0.3, -0.25) is 4.57 Å². The first kappa shape index (κ1) is 13.6. The van der Waals surface area contributed by atoms with E-state index in [1.165, 1.54) is 12.1 Å². The predicted molar refractivity (Wildman–Crippen MR) is 59.4 cm³/mol. The van der Waals surface area contributed by atoms with E-state index in [0.717, 1.165) is 6.66 Å². The number of alkyl halides is 3. The van der Waals surface area contributed by atoms with E-state index in [2.05, 4.69) is 4.52 Å². The molecule has 1 N–H and O–H groups in total. The molecule has 1 saturated heterocycles. The average Bonchev–Trinajstić information content (AvgIpc) is 2.52. The third-order valence-electron chi connectivity index (χ3n) is 3.07. The maximum Gasteiger partial charge on any atom is 0.415 e. The summed E-state index contributed by atoms with van der Waals surface area (Å²) < 4.78 is 54.5. The Balaban J connectivity index is 2.42. The summed E-state index contributed by atoms with van der Waals surface area (Å²) in [6, 6.07) is 7.67. The fourth-order valence-corrected chi connectivity index (χ4v) is 3.99. The fraction of sp³-hybridized carbons (Fsp3) is 0.455. The Morgan fingerprint density at radius 3 is 2.39 bits per heavy atom. The summed E-state index contributed by atoms with van der Waals surface area (Å²) in [5, 5.41) is 8.26. The first-order valence-electron chi connectivity index (χ1n) is 5.27. The minimum atomic E-state index is -4.63. The van der Waals surface area contributed by atoms with Gasteiger partial charge in [0, 0.05) is 13.1 Å². The van der Waals surface area contributed by atoms with Gasteiger partial charge in [-0.15, -0.1) is 0 Å². The second-order valence-electron chi connectivity index (χ2n) is 4.37. The Labute approximate surface area is 102 Å². The summed E-state index contributed by atoms with van der Waals surface area (Å²) in [7, 11) is -3.80. The van der Waals surface area contributed by atoms with E-state index in [0.29, 0.717) is 0 Å². The van der Waals surface area contributed by atoms with Crippen LogP contribution in [0.2, 0.25) is 0 Å². The Morgan fingerprint density at radius 2 is 1.94 bits per heavy atom. The van der Waals surface area contributed by atoms with E-state index in [9.17, 15) is 22.8 Å². The summed E-state index contributed by atoms with van der Waals surface area (Å²) in [5.41, 5.74) is 0.183. The smallest absolute Gasteiger partial charge is 0.375 e. The molecular formula is C11H12F3O3P. The van der Waals surface area contributed by atoms with E-state index in [1.54, 1.807) is 18.2 Å². The van der Waals surface area contributed by atoms with Gasteiger partial charge in [0.05, 0.1) is 0 Å². The van der Waals surface area contributed by atoms with Crippen LogP contribution in [-0.2, 0) is 14.4 Å². The van der Waals surface area contributed by atoms with E-state index < -0.39 is 31.4 Å². The molecule has 1 aliphatic rings. The third-order valence-corrected chi connectivity index (χ3v) is 5.51. The van der Waals surface area contributed by atoms with Crippen LogP contribution in [0.5, 0.6) is 0 Å². The molecule has 1 aliphatic heterocycles. The molecule has 7 heteroatoms. The molecular weight excluding hydrogens is 268 g/mol. The zero-order valence-corrected chi connectivity index (χ0v) is 10.4. The standard InChI is InChI=1S/C11H12F3O3P/c1-18(16)10(15,8-5-3-2-4-6-8)7-9(17-18)11(12,13)14/h2-6,9,15H,7H2,1H3. The number of rotatable bonds is 1. The highest BCUT2D eigenvalue weighted by molar-refractivity contribution is 7.59. The van der Waals surface area contributed by atoms with Gasteiger partial charge in [0.15, 0.2) is 11.4 Å². The minimum Gasteiger partial charge on any atom is -0.375 e. The molecule has 1 aromatic carbocycles. The monoisotopic (exact) mass is 280 g/mol. The molecule has 0 amide bonds. The largest absolute Gasteiger partial charge is 0.415 e. The Kier molecular flexibility index (Phi) is 3.08. The Hall–Kier alpha value is -0.840. The van der Waals surface area contributed by atoms with Crippen LogP contribution in [0.4, 0.5) is 13.2 Å². The highest BCUT2D eigenvalue weighted by Crippen LogP contribution is 2.69. The molecule has 1 fully saturated rings. The van der Waals surface area contributed by atoms with Crippen LogP contribution in [0.25, 0.3) is 0 Å². The number of aliphatic hydroxyl groups is 1. The summed E-state index contributed by atoms with van der Waals surface area (Å²) in [5.74, 6) is 0. The molecule has 1 heterocycles. The minimum absolute atomic E-state index is 0.183. The molecule has 1 aromatic rings. The number of halogens is 3. The van der Waals surface area contributed by atoms with Gasteiger partial charge in [-0.2, -0.15) is 13.2 Å². The van der Waals surface area contributed by atoms with E-state index in [-0.39, 0.29) is 5.56 Å². The number of benzene rings is 1. The maximum absolute atomic E-state index is 12.6. The predicted octanol–water partition coefficient (Wildman–Crippen LogP) is 3.09. The van der Waals surface area contributed by atoms with Gasteiger partial charge >= 0.3 is 6.18 Å². The second-order valence-corrected chi connectivity index (χ2v) is 7.01. The van der Waals surface area contributed by atoms with Gasteiger partial charge in [-0.1, -0.05) is 30.3 Å². The molecule has 2 rings (SSSR count). The molecule has 0 saturated carbocycles. The van der Waals surface area contributed by atoms with Crippen molar-refractivity contribution >= 4 is 7.37 Å². The van der Waals surface area contributed by atoms with Crippen molar-refractivity contribution in [3.05, 3.63) is 35.9 Å². The van der Waals surface area contributed by atoms with E-state index >= 15 is 0 Å². The molecule has 18 heavy (non-hydrogen) atoms. The Bertz CT molecular complexity index is 488. The van der Waals surface area contributed by atoms with Crippen molar-refractivity contribution in [3.8, 4) is 0 Å².